The Morgan fingerprint density at radius 3 is 2.50 bits per heavy atom. The van der Waals surface area contributed by atoms with E-state index in [1.54, 1.807) is 4.90 Å². The van der Waals surface area contributed by atoms with E-state index in [-0.39, 0.29) is 11.9 Å². The molecule has 0 bridgehead atoms. The number of carbonyl (C=O) groups excluding carboxylic acids is 1. The molecule has 0 aliphatic rings. The summed E-state index contributed by atoms with van der Waals surface area (Å²) in [7, 11) is 1.84. The zero-order valence-corrected chi connectivity index (χ0v) is 11.6. The zero-order valence-electron chi connectivity index (χ0n) is 11.6. The fourth-order valence-electron chi connectivity index (χ4n) is 2.05. The predicted molar refractivity (Wildman–Crippen MR) is 75.3 cm³/mol. The molecule has 0 saturated carbocycles. The van der Waals surface area contributed by atoms with E-state index in [1.807, 2.05) is 37.4 Å². The summed E-state index contributed by atoms with van der Waals surface area (Å²) in [6, 6.07) is 9.71. The van der Waals surface area contributed by atoms with E-state index in [9.17, 15) is 4.79 Å². The van der Waals surface area contributed by atoms with Crippen molar-refractivity contribution in [2.45, 2.75) is 45.2 Å². The second-order valence-electron chi connectivity index (χ2n) is 4.88. The number of carbonyl (C=O) groups is 1. The fourth-order valence-corrected chi connectivity index (χ4v) is 2.05. The van der Waals surface area contributed by atoms with Gasteiger partial charge in [-0.05, 0) is 25.3 Å². The molecule has 0 aromatic heterocycles. The van der Waals surface area contributed by atoms with Gasteiger partial charge in [-0.25, -0.2) is 0 Å². The summed E-state index contributed by atoms with van der Waals surface area (Å²) in [5.41, 5.74) is 7.10. The highest BCUT2D eigenvalue weighted by atomic mass is 16.2. The summed E-state index contributed by atoms with van der Waals surface area (Å²) in [4.78, 5) is 13.9. The molecule has 0 aliphatic carbocycles. The Kier molecular flexibility index (Phi) is 5.86. The minimum absolute atomic E-state index is 0.0276. The largest absolute Gasteiger partial charge is 0.342 e. The molecule has 0 spiro atoms. The lowest BCUT2D eigenvalue weighted by Gasteiger charge is -2.27. The molecule has 18 heavy (non-hydrogen) atoms. The lowest BCUT2D eigenvalue weighted by Crippen LogP contribution is -2.46. The van der Waals surface area contributed by atoms with Gasteiger partial charge in [0.15, 0.2) is 0 Å². The Bertz CT molecular complexity index is 364. The molecule has 2 unspecified atom stereocenters. The van der Waals surface area contributed by atoms with Gasteiger partial charge in [0.05, 0.1) is 6.04 Å². The van der Waals surface area contributed by atoms with Crippen LogP contribution in [0.5, 0.6) is 0 Å². The fraction of sp³-hybridized carbons (Fsp3) is 0.533. The quantitative estimate of drug-likeness (QED) is 0.839. The molecule has 1 aromatic rings. The zero-order chi connectivity index (χ0) is 13.5. The third kappa shape index (κ3) is 4.15. The van der Waals surface area contributed by atoms with Crippen LogP contribution in [0.2, 0.25) is 0 Å². The molecule has 1 amide bonds. The average Bonchev–Trinajstić information content (AvgIpc) is 2.38. The number of hydrogen-bond donors (Lipinski definition) is 1. The van der Waals surface area contributed by atoms with E-state index in [1.165, 1.54) is 0 Å². The molecule has 0 heterocycles. The average molecular weight is 248 g/mol. The van der Waals surface area contributed by atoms with Crippen molar-refractivity contribution in [1.82, 2.24) is 4.90 Å². The highest BCUT2D eigenvalue weighted by Gasteiger charge is 2.21. The second kappa shape index (κ2) is 7.17. The van der Waals surface area contributed by atoms with Crippen LogP contribution in [-0.2, 0) is 11.2 Å². The van der Waals surface area contributed by atoms with Crippen LogP contribution in [0.25, 0.3) is 0 Å². The first-order valence-electron chi connectivity index (χ1n) is 6.62. The maximum Gasteiger partial charge on any atom is 0.239 e. The highest BCUT2D eigenvalue weighted by molar-refractivity contribution is 5.82. The van der Waals surface area contributed by atoms with Gasteiger partial charge in [0.25, 0.3) is 0 Å². The van der Waals surface area contributed by atoms with Crippen LogP contribution in [0, 0.1) is 0 Å². The molecule has 3 heteroatoms. The van der Waals surface area contributed by atoms with Crippen molar-refractivity contribution in [2.24, 2.45) is 5.73 Å². The molecule has 0 aliphatic heterocycles. The summed E-state index contributed by atoms with van der Waals surface area (Å²) in [5, 5.41) is 0. The predicted octanol–water partition coefficient (Wildman–Crippen LogP) is 2.20. The Hall–Kier alpha value is -1.35. The van der Waals surface area contributed by atoms with Gasteiger partial charge in [-0.3, -0.25) is 4.79 Å². The highest BCUT2D eigenvalue weighted by Crippen LogP contribution is 2.08. The summed E-state index contributed by atoms with van der Waals surface area (Å²) >= 11 is 0. The first-order valence-corrected chi connectivity index (χ1v) is 6.62. The Morgan fingerprint density at radius 1 is 1.33 bits per heavy atom. The molecule has 0 saturated heterocycles. The van der Waals surface area contributed by atoms with Crippen LogP contribution in [0.1, 0.15) is 32.3 Å². The first kappa shape index (κ1) is 14.7. The van der Waals surface area contributed by atoms with Crippen molar-refractivity contribution in [3.63, 3.8) is 0 Å². The van der Waals surface area contributed by atoms with Gasteiger partial charge >= 0.3 is 0 Å². The Labute approximate surface area is 110 Å². The van der Waals surface area contributed by atoms with Crippen LogP contribution in [0.4, 0.5) is 0 Å². The number of hydrogen-bond acceptors (Lipinski definition) is 2. The molecule has 2 atom stereocenters. The summed E-state index contributed by atoms with van der Waals surface area (Å²) < 4.78 is 0. The van der Waals surface area contributed by atoms with Gasteiger partial charge < -0.3 is 10.6 Å². The van der Waals surface area contributed by atoms with Crippen LogP contribution < -0.4 is 5.73 Å². The summed E-state index contributed by atoms with van der Waals surface area (Å²) in [6.45, 7) is 4.19. The van der Waals surface area contributed by atoms with Crippen LogP contribution in [0.3, 0.4) is 0 Å². The minimum Gasteiger partial charge on any atom is -0.342 e. The molecular weight excluding hydrogens is 224 g/mol. The molecule has 0 radical (unpaired) electrons. The molecule has 3 nitrogen and oxygen atoms in total. The van der Waals surface area contributed by atoms with Gasteiger partial charge in [0, 0.05) is 13.1 Å². The SMILES string of the molecule is CCCC(C)N(C)C(=O)C(N)Cc1ccccc1. The Morgan fingerprint density at radius 2 is 1.94 bits per heavy atom. The second-order valence-corrected chi connectivity index (χ2v) is 4.88. The van der Waals surface area contributed by atoms with Gasteiger partial charge in [0.1, 0.15) is 0 Å². The summed E-state index contributed by atoms with van der Waals surface area (Å²) in [6.07, 6.45) is 2.69. The smallest absolute Gasteiger partial charge is 0.239 e. The van der Waals surface area contributed by atoms with Gasteiger partial charge in [-0.15, -0.1) is 0 Å². The van der Waals surface area contributed by atoms with Crippen molar-refractivity contribution in [2.75, 3.05) is 7.05 Å². The number of benzene rings is 1. The lowest BCUT2D eigenvalue weighted by atomic mass is 10.0. The number of nitrogens with zero attached hydrogens (tertiary/aromatic N) is 1. The topological polar surface area (TPSA) is 46.3 Å². The van der Waals surface area contributed by atoms with E-state index in [4.69, 9.17) is 5.73 Å². The maximum atomic E-state index is 12.2. The molecular formula is C15H24N2O. The van der Waals surface area contributed by atoms with Gasteiger partial charge in [-0.1, -0.05) is 43.7 Å². The lowest BCUT2D eigenvalue weighted by molar-refractivity contribution is -0.133. The molecule has 0 fully saturated rings. The van der Waals surface area contributed by atoms with E-state index in [2.05, 4.69) is 13.8 Å². The standard InChI is InChI=1S/C15H24N2O/c1-4-8-12(2)17(3)15(18)14(16)11-13-9-6-5-7-10-13/h5-7,9-10,12,14H,4,8,11,16H2,1-3H3. The molecule has 100 valence electrons. The number of amides is 1. The van der Waals surface area contributed by atoms with Crippen LogP contribution in [0.15, 0.2) is 30.3 Å². The molecule has 2 N–H and O–H groups in total. The van der Waals surface area contributed by atoms with Crippen LogP contribution >= 0.6 is 0 Å². The monoisotopic (exact) mass is 248 g/mol. The maximum absolute atomic E-state index is 12.2. The van der Waals surface area contributed by atoms with Crippen molar-refractivity contribution in [3.8, 4) is 0 Å². The Balaban J connectivity index is 2.56. The van der Waals surface area contributed by atoms with Crippen molar-refractivity contribution in [1.29, 1.82) is 0 Å². The normalized spacial score (nSPS) is 14.0. The molecule has 1 rings (SSSR count). The number of likely N-dealkylation sites (N-methyl/N-ethyl adjacent to an activating group) is 1. The first-order chi connectivity index (χ1) is 8.56. The third-order valence-corrected chi connectivity index (χ3v) is 3.33. The number of nitrogens with two attached hydrogens (primary N) is 1. The van der Waals surface area contributed by atoms with Crippen molar-refractivity contribution < 1.29 is 4.79 Å². The van der Waals surface area contributed by atoms with Crippen molar-refractivity contribution in [3.05, 3.63) is 35.9 Å². The van der Waals surface area contributed by atoms with E-state index >= 15 is 0 Å². The van der Waals surface area contributed by atoms with Gasteiger partial charge in [0.2, 0.25) is 5.91 Å². The van der Waals surface area contributed by atoms with E-state index < -0.39 is 6.04 Å². The third-order valence-electron chi connectivity index (χ3n) is 3.33. The van der Waals surface area contributed by atoms with E-state index in [0.29, 0.717) is 6.42 Å². The van der Waals surface area contributed by atoms with Gasteiger partial charge in [-0.2, -0.15) is 0 Å². The number of rotatable bonds is 6. The minimum atomic E-state index is -0.447. The summed E-state index contributed by atoms with van der Waals surface area (Å²) in [5.74, 6) is 0.0276. The van der Waals surface area contributed by atoms with E-state index in [0.717, 1.165) is 18.4 Å². The van der Waals surface area contributed by atoms with Crippen LogP contribution in [-0.4, -0.2) is 29.9 Å². The van der Waals surface area contributed by atoms with Crippen molar-refractivity contribution >= 4 is 5.91 Å². The molecule has 1 aromatic carbocycles.